The Morgan fingerprint density at radius 3 is 2.75 bits per heavy atom. The number of hydrogen-bond donors (Lipinski definition) is 1. The van der Waals surface area contributed by atoms with Crippen LogP contribution in [-0.2, 0) is 11.3 Å². The topological polar surface area (TPSA) is 30.5 Å². The first-order valence-electron chi connectivity index (χ1n) is 7.44. The van der Waals surface area contributed by atoms with Crippen LogP contribution in [0.4, 0.5) is 4.39 Å². The molecule has 0 atom stereocenters. The van der Waals surface area contributed by atoms with Crippen LogP contribution < -0.4 is 10.1 Å². The molecule has 1 aromatic rings. The highest BCUT2D eigenvalue weighted by Gasteiger charge is 2.13. The zero-order valence-electron chi connectivity index (χ0n) is 12.2. The van der Waals surface area contributed by atoms with Gasteiger partial charge in [0.1, 0.15) is 11.6 Å². The van der Waals surface area contributed by atoms with Crippen molar-refractivity contribution in [1.29, 1.82) is 0 Å². The van der Waals surface area contributed by atoms with Gasteiger partial charge in [0.2, 0.25) is 0 Å². The fourth-order valence-electron chi connectivity index (χ4n) is 2.55. The molecule has 1 fully saturated rings. The molecule has 4 heteroatoms. The number of nitrogens with one attached hydrogen (secondary N) is 1. The molecule has 0 radical (unpaired) electrons. The first kappa shape index (κ1) is 15.3. The summed E-state index contributed by atoms with van der Waals surface area (Å²) >= 11 is 0. The van der Waals surface area contributed by atoms with E-state index >= 15 is 0 Å². The zero-order chi connectivity index (χ0) is 14.2. The maximum absolute atomic E-state index is 13.7. The molecule has 0 heterocycles. The van der Waals surface area contributed by atoms with Gasteiger partial charge in [0, 0.05) is 24.7 Å². The van der Waals surface area contributed by atoms with Crippen molar-refractivity contribution in [3.05, 3.63) is 29.6 Å². The van der Waals surface area contributed by atoms with Crippen LogP contribution in [0.1, 0.15) is 37.7 Å². The summed E-state index contributed by atoms with van der Waals surface area (Å²) in [5.74, 6) is 0.317. The number of halogens is 1. The molecule has 112 valence electrons. The molecule has 1 aliphatic carbocycles. The van der Waals surface area contributed by atoms with E-state index in [9.17, 15) is 4.39 Å². The fraction of sp³-hybridized carbons (Fsp3) is 0.625. The number of hydrogen-bond acceptors (Lipinski definition) is 3. The van der Waals surface area contributed by atoms with E-state index in [1.165, 1.54) is 45.3 Å². The van der Waals surface area contributed by atoms with Gasteiger partial charge in [-0.2, -0.15) is 0 Å². The van der Waals surface area contributed by atoms with Crippen molar-refractivity contribution in [3.8, 4) is 5.75 Å². The first-order chi connectivity index (χ1) is 9.79. The van der Waals surface area contributed by atoms with Crippen molar-refractivity contribution >= 4 is 0 Å². The quantitative estimate of drug-likeness (QED) is 0.778. The molecule has 20 heavy (non-hydrogen) atoms. The van der Waals surface area contributed by atoms with Crippen LogP contribution >= 0.6 is 0 Å². The predicted octanol–water partition coefficient (Wildman–Crippen LogP) is 3.27. The molecular weight excluding hydrogens is 257 g/mol. The van der Waals surface area contributed by atoms with Gasteiger partial charge in [-0.25, -0.2) is 4.39 Å². The molecule has 3 nitrogen and oxygen atoms in total. The molecule has 0 unspecified atom stereocenters. The van der Waals surface area contributed by atoms with Gasteiger partial charge in [-0.3, -0.25) is 0 Å². The lowest BCUT2D eigenvalue weighted by molar-refractivity contribution is 0.0302. The van der Waals surface area contributed by atoms with Crippen LogP contribution in [0.25, 0.3) is 0 Å². The van der Waals surface area contributed by atoms with Gasteiger partial charge in [-0.1, -0.05) is 25.3 Å². The molecule has 0 saturated heterocycles. The summed E-state index contributed by atoms with van der Waals surface area (Å²) < 4.78 is 24.5. The van der Waals surface area contributed by atoms with E-state index in [0.717, 1.165) is 6.54 Å². The van der Waals surface area contributed by atoms with Crippen LogP contribution in [0.15, 0.2) is 18.2 Å². The zero-order valence-corrected chi connectivity index (χ0v) is 12.2. The minimum Gasteiger partial charge on any atom is -0.497 e. The Morgan fingerprint density at radius 2 is 2.05 bits per heavy atom. The summed E-state index contributed by atoms with van der Waals surface area (Å²) in [4.78, 5) is 0. The highest BCUT2D eigenvalue weighted by atomic mass is 19.1. The minimum atomic E-state index is -0.231. The second-order valence-electron chi connectivity index (χ2n) is 5.26. The van der Waals surface area contributed by atoms with Gasteiger partial charge in [0.15, 0.2) is 0 Å². The van der Waals surface area contributed by atoms with Gasteiger partial charge < -0.3 is 14.8 Å². The third kappa shape index (κ3) is 4.76. The van der Waals surface area contributed by atoms with E-state index < -0.39 is 0 Å². The van der Waals surface area contributed by atoms with Crippen molar-refractivity contribution in [1.82, 2.24) is 5.32 Å². The summed E-state index contributed by atoms with van der Waals surface area (Å²) in [5, 5.41) is 3.21. The molecule has 2 rings (SSSR count). The van der Waals surface area contributed by atoms with Crippen molar-refractivity contribution in [2.75, 3.05) is 20.3 Å². The number of rotatable bonds is 7. The van der Waals surface area contributed by atoms with Crippen LogP contribution in [0, 0.1) is 5.82 Å². The van der Waals surface area contributed by atoms with Crippen LogP contribution in [-0.4, -0.2) is 26.4 Å². The van der Waals surface area contributed by atoms with Gasteiger partial charge >= 0.3 is 0 Å². The maximum Gasteiger partial charge on any atom is 0.131 e. The summed E-state index contributed by atoms with van der Waals surface area (Å²) in [7, 11) is 1.54. The highest BCUT2D eigenvalue weighted by Crippen LogP contribution is 2.20. The van der Waals surface area contributed by atoms with Crippen LogP contribution in [0.3, 0.4) is 0 Å². The Labute approximate surface area is 120 Å². The Morgan fingerprint density at radius 1 is 1.25 bits per heavy atom. The monoisotopic (exact) mass is 281 g/mol. The normalized spacial score (nSPS) is 16.3. The van der Waals surface area contributed by atoms with E-state index in [1.807, 2.05) is 0 Å². The molecule has 1 aliphatic rings. The van der Waals surface area contributed by atoms with E-state index in [2.05, 4.69) is 5.32 Å². The second kappa shape index (κ2) is 8.22. The van der Waals surface area contributed by atoms with E-state index in [4.69, 9.17) is 9.47 Å². The SMILES string of the molecule is COc1ccc(CNCCOC2CCCCC2)c(F)c1. The van der Waals surface area contributed by atoms with Crippen LogP contribution in [0.2, 0.25) is 0 Å². The smallest absolute Gasteiger partial charge is 0.131 e. The molecule has 0 aromatic heterocycles. The van der Waals surface area contributed by atoms with Gasteiger partial charge in [-0.15, -0.1) is 0 Å². The predicted molar refractivity (Wildman–Crippen MR) is 77.5 cm³/mol. The van der Waals surface area contributed by atoms with Crippen molar-refractivity contribution in [2.45, 2.75) is 44.8 Å². The number of ether oxygens (including phenoxy) is 2. The third-order valence-corrected chi connectivity index (χ3v) is 3.76. The summed E-state index contributed by atoms with van der Waals surface area (Å²) in [6.07, 6.45) is 6.72. The van der Waals surface area contributed by atoms with Gasteiger partial charge in [-0.05, 0) is 18.9 Å². The lowest BCUT2D eigenvalue weighted by Gasteiger charge is -2.22. The molecule has 0 amide bonds. The van der Waals surface area contributed by atoms with Crippen molar-refractivity contribution < 1.29 is 13.9 Å². The molecule has 1 saturated carbocycles. The molecular formula is C16H24FNO2. The van der Waals surface area contributed by atoms with Gasteiger partial charge in [0.25, 0.3) is 0 Å². The molecule has 0 bridgehead atoms. The lowest BCUT2D eigenvalue weighted by atomic mass is 9.98. The first-order valence-corrected chi connectivity index (χ1v) is 7.44. The van der Waals surface area contributed by atoms with E-state index in [1.54, 1.807) is 12.1 Å². The number of methoxy groups -OCH3 is 1. The van der Waals surface area contributed by atoms with E-state index in [-0.39, 0.29) is 5.82 Å². The van der Waals surface area contributed by atoms with E-state index in [0.29, 0.717) is 30.6 Å². The average Bonchev–Trinajstić information content (AvgIpc) is 2.49. The fourth-order valence-corrected chi connectivity index (χ4v) is 2.55. The lowest BCUT2D eigenvalue weighted by Crippen LogP contribution is -2.24. The van der Waals surface area contributed by atoms with Gasteiger partial charge in [0.05, 0.1) is 19.8 Å². The minimum absolute atomic E-state index is 0.231. The Hall–Kier alpha value is -1.13. The van der Waals surface area contributed by atoms with Crippen LogP contribution in [0.5, 0.6) is 5.75 Å². The third-order valence-electron chi connectivity index (χ3n) is 3.76. The summed E-state index contributed by atoms with van der Waals surface area (Å²) in [6.45, 7) is 1.97. The molecule has 1 N–H and O–H groups in total. The standard InChI is InChI=1S/C16H24FNO2/c1-19-15-8-7-13(16(17)11-15)12-18-9-10-20-14-5-3-2-4-6-14/h7-8,11,14,18H,2-6,9-10,12H2,1H3. The Kier molecular flexibility index (Phi) is 6.27. The highest BCUT2D eigenvalue weighted by molar-refractivity contribution is 5.28. The summed E-state index contributed by atoms with van der Waals surface area (Å²) in [5.41, 5.74) is 0.656. The average molecular weight is 281 g/mol. The molecule has 0 spiro atoms. The largest absolute Gasteiger partial charge is 0.497 e. The van der Waals surface area contributed by atoms with Crippen molar-refractivity contribution in [2.24, 2.45) is 0 Å². The second-order valence-corrected chi connectivity index (χ2v) is 5.26. The number of benzene rings is 1. The molecule has 1 aromatic carbocycles. The molecule has 0 aliphatic heterocycles. The maximum atomic E-state index is 13.7. The Bertz CT molecular complexity index is 405. The summed E-state index contributed by atoms with van der Waals surface area (Å²) in [6, 6.07) is 4.94. The Balaban J connectivity index is 1.63. The van der Waals surface area contributed by atoms with Crippen molar-refractivity contribution in [3.63, 3.8) is 0 Å².